The fourth-order valence-electron chi connectivity index (χ4n) is 2.58. The van der Waals surface area contributed by atoms with Gasteiger partial charge in [-0.3, -0.25) is 4.90 Å². The number of aromatic nitrogens is 1. The van der Waals surface area contributed by atoms with E-state index in [0.717, 1.165) is 24.3 Å². The number of carbonyl (C=O) groups is 1. The van der Waals surface area contributed by atoms with Gasteiger partial charge < -0.3 is 14.4 Å². The maximum absolute atomic E-state index is 11.0. The number of aromatic carboxylic acids is 1. The van der Waals surface area contributed by atoms with Crippen LogP contribution < -0.4 is 0 Å². The third-order valence-electron chi connectivity index (χ3n) is 3.52. The predicted molar refractivity (Wildman–Crippen MR) is 73.6 cm³/mol. The molecule has 1 N–H and O–H groups in total. The molecule has 2 aromatic rings. The summed E-state index contributed by atoms with van der Waals surface area (Å²) in [5, 5.41) is 13.0. The number of nitrogens with zero attached hydrogens (tertiary/aromatic N) is 2. The van der Waals surface area contributed by atoms with Crippen LogP contribution in [0, 0.1) is 0 Å². The molecule has 110 valence electrons. The van der Waals surface area contributed by atoms with Crippen LogP contribution in [0.1, 0.15) is 32.9 Å². The van der Waals surface area contributed by atoms with E-state index >= 15 is 0 Å². The second kappa shape index (κ2) is 5.67. The Morgan fingerprint density at radius 3 is 2.95 bits per heavy atom. The van der Waals surface area contributed by atoms with Crippen molar-refractivity contribution in [2.24, 2.45) is 0 Å². The van der Waals surface area contributed by atoms with Gasteiger partial charge in [-0.25, -0.2) is 4.79 Å². The van der Waals surface area contributed by atoms with Crippen molar-refractivity contribution < 1.29 is 19.2 Å². The number of ether oxygens (including phenoxy) is 1. The number of carboxylic acid groups (broad SMARTS) is 1. The smallest absolute Gasteiger partial charge is 0.335 e. The molecule has 1 aromatic heterocycles. The fourth-order valence-corrected chi connectivity index (χ4v) is 2.58. The summed E-state index contributed by atoms with van der Waals surface area (Å²) < 4.78 is 10.2. The first kappa shape index (κ1) is 13.8. The second-order valence-corrected chi connectivity index (χ2v) is 5.15. The van der Waals surface area contributed by atoms with Crippen LogP contribution in [0.25, 0.3) is 0 Å². The molecule has 6 heteroatoms. The van der Waals surface area contributed by atoms with E-state index in [4.69, 9.17) is 14.4 Å². The zero-order chi connectivity index (χ0) is 14.8. The number of carboxylic acids is 1. The highest BCUT2D eigenvalue weighted by Crippen LogP contribution is 2.25. The van der Waals surface area contributed by atoms with Crippen molar-refractivity contribution in [3.05, 3.63) is 52.4 Å². The summed E-state index contributed by atoms with van der Waals surface area (Å²) in [5.41, 5.74) is 3.42. The van der Waals surface area contributed by atoms with Crippen LogP contribution in [0.3, 0.4) is 0 Å². The number of hydrogen-bond donors (Lipinski definition) is 1. The molecule has 21 heavy (non-hydrogen) atoms. The summed E-state index contributed by atoms with van der Waals surface area (Å²) in [4.78, 5) is 13.2. The van der Waals surface area contributed by atoms with E-state index in [1.165, 1.54) is 5.56 Å². The Morgan fingerprint density at radius 1 is 1.38 bits per heavy atom. The van der Waals surface area contributed by atoms with Crippen molar-refractivity contribution in [1.29, 1.82) is 0 Å². The van der Waals surface area contributed by atoms with Crippen LogP contribution in [0.15, 0.2) is 28.8 Å². The lowest BCUT2D eigenvalue weighted by molar-refractivity contribution is 0.0696. The van der Waals surface area contributed by atoms with Gasteiger partial charge in [0, 0.05) is 32.8 Å². The van der Waals surface area contributed by atoms with Gasteiger partial charge in [-0.05, 0) is 23.3 Å². The first-order chi connectivity index (χ1) is 10.2. The minimum absolute atomic E-state index is 0.333. The standard InChI is InChI=1S/C15H16N2O4/c1-20-9-14-5-13(16-21-14)8-17-6-11-3-2-10(15(18)19)4-12(11)7-17/h2-5H,6-9H2,1H3,(H,18,19). The second-order valence-electron chi connectivity index (χ2n) is 5.15. The molecule has 0 aliphatic carbocycles. The van der Waals surface area contributed by atoms with Gasteiger partial charge in [0.25, 0.3) is 0 Å². The largest absolute Gasteiger partial charge is 0.478 e. The normalized spacial score (nSPS) is 14.3. The first-order valence-electron chi connectivity index (χ1n) is 6.66. The molecule has 0 atom stereocenters. The maximum atomic E-state index is 11.0. The Labute approximate surface area is 121 Å². The fraction of sp³-hybridized carbons (Fsp3) is 0.333. The average Bonchev–Trinajstić information content (AvgIpc) is 3.04. The lowest BCUT2D eigenvalue weighted by atomic mass is 10.1. The SMILES string of the molecule is COCc1cc(CN2Cc3ccc(C(=O)O)cc3C2)no1. The van der Waals surface area contributed by atoms with Gasteiger partial charge in [-0.2, -0.15) is 0 Å². The van der Waals surface area contributed by atoms with E-state index < -0.39 is 5.97 Å². The van der Waals surface area contributed by atoms with Crippen LogP contribution in [-0.2, 0) is 31.0 Å². The molecule has 1 aliphatic heterocycles. The summed E-state index contributed by atoms with van der Waals surface area (Å²) in [6.45, 7) is 2.60. The molecule has 2 heterocycles. The van der Waals surface area contributed by atoms with Crippen molar-refractivity contribution in [3.8, 4) is 0 Å². The van der Waals surface area contributed by atoms with E-state index in [-0.39, 0.29) is 0 Å². The number of rotatable bonds is 5. The Balaban J connectivity index is 1.68. The molecule has 1 aliphatic rings. The zero-order valence-corrected chi connectivity index (χ0v) is 11.7. The Kier molecular flexibility index (Phi) is 3.72. The molecule has 1 aromatic carbocycles. The highest BCUT2D eigenvalue weighted by atomic mass is 16.5. The van der Waals surface area contributed by atoms with Crippen molar-refractivity contribution >= 4 is 5.97 Å². The van der Waals surface area contributed by atoms with Gasteiger partial charge in [0.15, 0.2) is 5.76 Å². The average molecular weight is 288 g/mol. The Hall–Kier alpha value is -2.18. The number of methoxy groups -OCH3 is 1. The number of hydrogen-bond acceptors (Lipinski definition) is 5. The zero-order valence-electron chi connectivity index (χ0n) is 11.7. The Morgan fingerprint density at radius 2 is 2.19 bits per heavy atom. The molecule has 6 nitrogen and oxygen atoms in total. The molecular weight excluding hydrogens is 272 g/mol. The molecular formula is C15H16N2O4. The van der Waals surface area contributed by atoms with Crippen LogP contribution in [0.4, 0.5) is 0 Å². The minimum atomic E-state index is -0.892. The maximum Gasteiger partial charge on any atom is 0.335 e. The quantitative estimate of drug-likeness (QED) is 0.907. The van der Waals surface area contributed by atoms with E-state index in [9.17, 15) is 4.79 Å². The summed E-state index contributed by atoms with van der Waals surface area (Å²) >= 11 is 0. The van der Waals surface area contributed by atoms with Gasteiger partial charge >= 0.3 is 5.97 Å². The molecule has 3 rings (SSSR count). The lowest BCUT2D eigenvalue weighted by Crippen LogP contribution is -2.15. The highest BCUT2D eigenvalue weighted by molar-refractivity contribution is 5.87. The Bertz CT molecular complexity index is 665. The highest BCUT2D eigenvalue weighted by Gasteiger charge is 2.21. The number of benzene rings is 1. The summed E-state index contributed by atoms with van der Waals surface area (Å²) in [7, 11) is 1.61. The third kappa shape index (κ3) is 2.96. The molecule has 0 fully saturated rings. The van der Waals surface area contributed by atoms with Crippen molar-refractivity contribution in [2.45, 2.75) is 26.2 Å². The predicted octanol–water partition coefficient (Wildman–Crippen LogP) is 2.04. The lowest BCUT2D eigenvalue weighted by Gasteiger charge is -2.11. The van der Waals surface area contributed by atoms with Gasteiger partial charge in [0.05, 0.1) is 11.3 Å². The third-order valence-corrected chi connectivity index (χ3v) is 3.52. The van der Waals surface area contributed by atoms with Crippen LogP contribution in [-0.4, -0.2) is 28.2 Å². The monoisotopic (exact) mass is 288 g/mol. The van der Waals surface area contributed by atoms with E-state index in [1.54, 1.807) is 19.2 Å². The topological polar surface area (TPSA) is 75.8 Å². The van der Waals surface area contributed by atoms with Crippen molar-refractivity contribution in [2.75, 3.05) is 7.11 Å². The van der Waals surface area contributed by atoms with Crippen LogP contribution in [0.5, 0.6) is 0 Å². The molecule has 0 saturated carbocycles. The van der Waals surface area contributed by atoms with Gasteiger partial charge in [-0.1, -0.05) is 11.2 Å². The van der Waals surface area contributed by atoms with E-state index in [2.05, 4.69) is 10.1 Å². The molecule has 0 unspecified atom stereocenters. The minimum Gasteiger partial charge on any atom is -0.478 e. The van der Waals surface area contributed by atoms with Gasteiger partial charge in [-0.15, -0.1) is 0 Å². The van der Waals surface area contributed by atoms with Gasteiger partial charge in [0.2, 0.25) is 0 Å². The van der Waals surface area contributed by atoms with E-state index in [0.29, 0.717) is 24.5 Å². The van der Waals surface area contributed by atoms with Crippen molar-refractivity contribution in [3.63, 3.8) is 0 Å². The van der Waals surface area contributed by atoms with E-state index in [1.807, 2.05) is 12.1 Å². The number of fused-ring (bicyclic) bond motifs is 1. The van der Waals surface area contributed by atoms with Crippen LogP contribution >= 0.6 is 0 Å². The molecule has 0 spiro atoms. The van der Waals surface area contributed by atoms with Crippen molar-refractivity contribution in [1.82, 2.24) is 10.1 Å². The molecule has 0 saturated heterocycles. The summed E-state index contributed by atoms with van der Waals surface area (Å²) in [6, 6.07) is 7.17. The summed E-state index contributed by atoms with van der Waals surface area (Å²) in [5.74, 6) is -0.186. The first-order valence-corrected chi connectivity index (χ1v) is 6.66. The van der Waals surface area contributed by atoms with Gasteiger partial charge in [0.1, 0.15) is 6.61 Å². The molecule has 0 bridgehead atoms. The summed E-state index contributed by atoms with van der Waals surface area (Å²) in [6.07, 6.45) is 0. The molecule has 0 amide bonds. The molecule has 0 radical (unpaired) electrons. The van der Waals surface area contributed by atoms with Crippen LogP contribution in [0.2, 0.25) is 0 Å².